The monoisotopic (exact) mass is 266 g/mol. The number of hydrogen-bond acceptors (Lipinski definition) is 3. The van der Waals surface area contributed by atoms with Crippen molar-refractivity contribution in [2.24, 2.45) is 5.73 Å². The molecule has 0 saturated carbocycles. The molecule has 0 radical (unpaired) electrons. The van der Waals surface area contributed by atoms with E-state index < -0.39 is 0 Å². The van der Waals surface area contributed by atoms with Crippen LogP contribution in [0.2, 0.25) is 0 Å². The minimum atomic E-state index is -0.0863. The van der Waals surface area contributed by atoms with Gasteiger partial charge in [0, 0.05) is 17.2 Å². The Balaban J connectivity index is 2.23. The Morgan fingerprint density at radius 3 is 2.70 bits per heavy atom. The van der Waals surface area contributed by atoms with E-state index in [1.54, 1.807) is 6.07 Å². The number of aryl methyl sites for hydroxylation is 1. The summed E-state index contributed by atoms with van der Waals surface area (Å²) in [5.41, 5.74) is 9.58. The van der Waals surface area contributed by atoms with Gasteiger partial charge in [-0.1, -0.05) is 30.3 Å². The van der Waals surface area contributed by atoms with Crippen LogP contribution in [0, 0.1) is 18.3 Å². The first kappa shape index (κ1) is 14.1. The largest absolute Gasteiger partial charge is 0.489 e. The second kappa shape index (κ2) is 6.23. The van der Waals surface area contributed by atoms with Gasteiger partial charge in [0.05, 0.1) is 11.6 Å². The maximum Gasteiger partial charge on any atom is 0.124 e. The van der Waals surface area contributed by atoms with Gasteiger partial charge in [0.15, 0.2) is 0 Å². The Morgan fingerprint density at radius 2 is 2.00 bits per heavy atom. The molecule has 0 fully saturated rings. The van der Waals surface area contributed by atoms with Gasteiger partial charge in [-0.25, -0.2) is 0 Å². The molecule has 0 amide bonds. The van der Waals surface area contributed by atoms with E-state index in [-0.39, 0.29) is 6.04 Å². The Hall–Kier alpha value is -2.31. The predicted molar refractivity (Wildman–Crippen MR) is 79.3 cm³/mol. The van der Waals surface area contributed by atoms with Gasteiger partial charge < -0.3 is 10.5 Å². The van der Waals surface area contributed by atoms with Crippen LogP contribution in [0.4, 0.5) is 0 Å². The lowest BCUT2D eigenvalue weighted by molar-refractivity contribution is 0.301. The van der Waals surface area contributed by atoms with Crippen molar-refractivity contribution in [2.75, 3.05) is 0 Å². The molecule has 2 rings (SSSR count). The lowest BCUT2D eigenvalue weighted by atomic mass is 10.1. The number of ether oxygens (including phenoxy) is 1. The van der Waals surface area contributed by atoms with Crippen LogP contribution in [0.25, 0.3) is 0 Å². The summed E-state index contributed by atoms with van der Waals surface area (Å²) in [6.07, 6.45) is 0. The van der Waals surface area contributed by atoms with E-state index >= 15 is 0 Å². The van der Waals surface area contributed by atoms with Gasteiger partial charge in [-0.2, -0.15) is 5.26 Å². The molecule has 0 saturated heterocycles. The van der Waals surface area contributed by atoms with E-state index in [0.29, 0.717) is 12.2 Å². The van der Waals surface area contributed by atoms with E-state index in [1.807, 2.05) is 50.2 Å². The molecule has 3 heteroatoms. The van der Waals surface area contributed by atoms with Crippen molar-refractivity contribution in [1.29, 1.82) is 5.26 Å². The highest BCUT2D eigenvalue weighted by atomic mass is 16.5. The molecule has 2 aromatic rings. The summed E-state index contributed by atoms with van der Waals surface area (Å²) in [7, 11) is 0. The van der Waals surface area contributed by atoms with Crippen molar-refractivity contribution in [1.82, 2.24) is 0 Å². The van der Waals surface area contributed by atoms with Crippen LogP contribution in [0.15, 0.2) is 42.5 Å². The average molecular weight is 266 g/mol. The first-order chi connectivity index (χ1) is 9.61. The van der Waals surface area contributed by atoms with E-state index in [2.05, 4.69) is 6.07 Å². The van der Waals surface area contributed by atoms with E-state index in [0.717, 1.165) is 22.4 Å². The standard InChI is InChI=1S/C17H18N2O/c1-12-7-8-16(13(2)19)17(9-12)20-11-15-6-4-3-5-14(15)10-18/h3-9,13H,11,19H2,1-2H3/t13-/m0/s1. The predicted octanol–water partition coefficient (Wildman–Crippen LogP) is 3.47. The van der Waals surface area contributed by atoms with Gasteiger partial charge >= 0.3 is 0 Å². The Kier molecular flexibility index (Phi) is 4.39. The maximum atomic E-state index is 9.08. The molecule has 0 aromatic heterocycles. The molecule has 0 spiro atoms. The fourth-order valence-corrected chi connectivity index (χ4v) is 2.05. The second-order valence-corrected chi connectivity index (χ2v) is 4.89. The van der Waals surface area contributed by atoms with Gasteiger partial charge in [0.1, 0.15) is 12.4 Å². The average Bonchev–Trinajstić information content (AvgIpc) is 2.45. The molecule has 102 valence electrons. The minimum Gasteiger partial charge on any atom is -0.489 e. The van der Waals surface area contributed by atoms with Crippen LogP contribution < -0.4 is 10.5 Å². The summed E-state index contributed by atoms with van der Waals surface area (Å²) in [5, 5.41) is 9.08. The molecule has 0 bridgehead atoms. The van der Waals surface area contributed by atoms with Crippen molar-refractivity contribution in [3.05, 3.63) is 64.7 Å². The highest BCUT2D eigenvalue weighted by Gasteiger charge is 2.09. The third kappa shape index (κ3) is 3.17. The van der Waals surface area contributed by atoms with Crippen molar-refractivity contribution in [2.45, 2.75) is 26.5 Å². The van der Waals surface area contributed by atoms with Crippen molar-refractivity contribution in [3.63, 3.8) is 0 Å². The molecule has 3 nitrogen and oxygen atoms in total. The van der Waals surface area contributed by atoms with Gasteiger partial charge in [-0.3, -0.25) is 0 Å². The second-order valence-electron chi connectivity index (χ2n) is 4.89. The van der Waals surface area contributed by atoms with Crippen LogP contribution in [-0.2, 0) is 6.61 Å². The lowest BCUT2D eigenvalue weighted by Crippen LogP contribution is -2.08. The molecule has 0 heterocycles. The lowest BCUT2D eigenvalue weighted by Gasteiger charge is -2.15. The fraction of sp³-hybridized carbons (Fsp3) is 0.235. The SMILES string of the molecule is Cc1ccc([C@H](C)N)c(OCc2ccccc2C#N)c1. The third-order valence-electron chi connectivity index (χ3n) is 3.18. The number of hydrogen-bond donors (Lipinski definition) is 1. The number of rotatable bonds is 4. The summed E-state index contributed by atoms with van der Waals surface area (Å²) in [4.78, 5) is 0. The molecule has 0 aliphatic carbocycles. The van der Waals surface area contributed by atoms with E-state index in [1.165, 1.54) is 0 Å². The molecule has 20 heavy (non-hydrogen) atoms. The Labute approximate surface area is 119 Å². The maximum absolute atomic E-state index is 9.08. The summed E-state index contributed by atoms with van der Waals surface area (Å²) >= 11 is 0. The van der Waals surface area contributed by atoms with Crippen LogP contribution in [-0.4, -0.2) is 0 Å². The highest BCUT2D eigenvalue weighted by molar-refractivity contribution is 5.40. The van der Waals surface area contributed by atoms with Crippen LogP contribution in [0.3, 0.4) is 0 Å². The smallest absolute Gasteiger partial charge is 0.124 e. The van der Waals surface area contributed by atoms with Crippen LogP contribution in [0.5, 0.6) is 5.75 Å². The zero-order valence-corrected chi connectivity index (χ0v) is 11.8. The first-order valence-electron chi connectivity index (χ1n) is 6.58. The molecule has 0 aliphatic heterocycles. The highest BCUT2D eigenvalue weighted by Crippen LogP contribution is 2.26. The number of nitrogens with two attached hydrogens (primary N) is 1. The zero-order valence-electron chi connectivity index (χ0n) is 11.8. The molecular weight excluding hydrogens is 248 g/mol. The number of nitriles is 1. The minimum absolute atomic E-state index is 0.0863. The zero-order chi connectivity index (χ0) is 14.5. The van der Waals surface area contributed by atoms with Crippen molar-refractivity contribution < 1.29 is 4.74 Å². The van der Waals surface area contributed by atoms with Gasteiger partial charge in [-0.05, 0) is 31.5 Å². The summed E-state index contributed by atoms with van der Waals surface area (Å²) in [5.74, 6) is 0.785. The molecule has 0 aliphatic rings. The summed E-state index contributed by atoms with van der Waals surface area (Å²) in [6.45, 7) is 4.31. The van der Waals surface area contributed by atoms with Gasteiger partial charge in [0.2, 0.25) is 0 Å². The van der Waals surface area contributed by atoms with Crippen LogP contribution in [0.1, 0.15) is 35.2 Å². The number of nitrogens with zero attached hydrogens (tertiary/aromatic N) is 1. The van der Waals surface area contributed by atoms with Crippen molar-refractivity contribution >= 4 is 0 Å². The van der Waals surface area contributed by atoms with E-state index in [9.17, 15) is 0 Å². The van der Waals surface area contributed by atoms with Gasteiger partial charge in [-0.15, -0.1) is 0 Å². The number of benzene rings is 2. The topological polar surface area (TPSA) is 59.0 Å². The quantitative estimate of drug-likeness (QED) is 0.921. The molecule has 0 unspecified atom stereocenters. The van der Waals surface area contributed by atoms with E-state index in [4.69, 9.17) is 15.7 Å². The normalized spacial score (nSPS) is 11.7. The molecule has 1 atom stereocenters. The third-order valence-corrected chi connectivity index (χ3v) is 3.18. The molecule has 2 N–H and O–H groups in total. The van der Waals surface area contributed by atoms with Gasteiger partial charge in [0.25, 0.3) is 0 Å². The first-order valence-corrected chi connectivity index (χ1v) is 6.58. The summed E-state index contributed by atoms with van der Waals surface area (Å²) < 4.78 is 5.88. The fourth-order valence-electron chi connectivity index (χ4n) is 2.05. The molecule has 2 aromatic carbocycles. The Morgan fingerprint density at radius 1 is 1.25 bits per heavy atom. The molecular formula is C17H18N2O. The Bertz CT molecular complexity index is 642. The van der Waals surface area contributed by atoms with Crippen molar-refractivity contribution in [3.8, 4) is 11.8 Å². The summed E-state index contributed by atoms with van der Waals surface area (Å²) in [6, 6.07) is 15.5. The van der Waals surface area contributed by atoms with Crippen LogP contribution >= 0.6 is 0 Å².